The van der Waals surface area contributed by atoms with Crippen molar-refractivity contribution < 1.29 is 13.5 Å². The van der Waals surface area contributed by atoms with Gasteiger partial charge < -0.3 is 4.74 Å². The predicted octanol–water partition coefficient (Wildman–Crippen LogP) is 5.02. The molecule has 7 heteroatoms. The molecule has 0 bridgehead atoms. The molecule has 4 aromatic rings. The zero-order chi connectivity index (χ0) is 20.0. The summed E-state index contributed by atoms with van der Waals surface area (Å²) in [4.78, 5) is 8.55. The molecular weight excluding hydrogens is 374 g/mol. The van der Waals surface area contributed by atoms with Crippen molar-refractivity contribution >= 4 is 21.8 Å². The molecule has 1 aromatic carbocycles. The Morgan fingerprint density at radius 3 is 2.66 bits per heavy atom. The summed E-state index contributed by atoms with van der Waals surface area (Å²) in [5.41, 5.74) is 4.32. The molecule has 0 amide bonds. The third kappa shape index (κ3) is 3.15. The van der Waals surface area contributed by atoms with Gasteiger partial charge in [0.2, 0.25) is 0 Å². The van der Waals surface area contributed by atoms with E-state index in [9.17, 15) is 8.78 Å². The van der Waals surface area contributed by atoms with E-state index in [0.29, 0.717) is 11.5 Å². The molecule has 3 aromatic heterocycles. The average molecular weight is 394 g/mol. The van der Waals surface area contributed by atoms with Gasteiger partial charge in [-0.1, -0.05) is 6.07 Å². The Hall–Kier alpha value is -2.93. The standard InChI is InChI=1S/C22H20F2N4O/c1-28-21(13-4-6-29-7-5-13)20-17-9-14(2-3-18(17)26-12-19(20)27-28)15-8-16(22(23)24)11-25-10-15/h2-3,8-13,22H,4-7H2,1H3. The molecule has 4 heterocycles. The minimum atomic E-state index is -2.55. The minimum absolute atomic E-state index is 0.0804. The number of nitrogens with zero attached hydrogens (tertiary/aromatic N) is 4. The molecule has 1 saturated heterocycles. The summed E-state index contributed by atoms with van der Waals surface area (Å²) < 4.78 is 33.7. The van der Waals surface area contributed by atoms with Crippen LogP contribution in [0.3, 0.4) is 0 Å². The van der Waals surface area contributed by atoms with Crippen LogP contribution in [-0.4, -0.2) is 33.0 Å². The van der Waals surface area contributed by atoms with Crippen LogP contribution in [0, 0.1) is 0 Å². The second kappa shape index (κ2) is 7.15. The van der Waals surface area contributed by atoms with E-state index >= 15 is 0 Å². The summed E-state index contributed by atoms with van der Waals surface area (Å²) >= 11 is 0. The van der Waals surface area contributed by atoms with Crippen molar-refractivity contribution in [1.29, 1.82) is 0 Å². The molecule has 1 aliphatic rings. The molecule has 0 atom stereocenters. The number of rotatable bonds is 3. The Labute approximate surface area is 166 Å². The third-order valence-electron chi connectivity index (χ3n) is 5.66. The highest BCUT2D eigenvalue weighted by atomic mass is 19.3. The summed E-state index contributed by atoms with van der Waals surface area (Å²) in [6, 6.07) is 7.34. The van der Waals surface area contributed by atoms with E-state index in [1.54, 1.807) is 12.4 Å². The zero-order valence-electron chi connectivity index (χ0n) is 16.0. The molecule has 5 nitrogen and oxygen atoms in total. The van der Waals surface area contributed by atoms with Crippen molar-refractivity contribution in [3.05, 3.63) is 54.1 Å². The lowest BCUT2D eigenvalue weighted by atomic mass is 9.92. The lowest BCUT2D eigenvalue weighted by Gasteiger charge is -2.22. The first-order valence-corrected chi connectivity index (χ1v) is 9.68. The molecule has 0 unspecified atom stereocenters. The fourth-order valence-corrected chi connectivity index (χ4v) is 4.26. The maximum absolute atomic E-state index is 13.1. The van der Waals surface area contributed by atoms with Crippen LogP contribution >= 0.6 is 0 Å². The number of pyridine rings is 2. The second-order valence-electron chi connectivity index (χ2n) is 7.45. The van der Waals surface area contributed by atoms with Gasteiger partial charge >= 0.3 is 0 Å². The fourth-order valence-electron chi connectivity index (χ4n) is 4.26. The minimum Gasteiger partial charge on any atom is -0.381 e. The van der Waals surface area contributed by atoms with Crippen molar-refractivity contribution in [3.63, 3.8) is 0 Å². The maximum atomic E-state index is 13.1. The summed E-state index contributed by atoms with van der Waals surface area (Å²) in [6.07, 6.45) is 3.99. The number of hydrogen-bond acceptors (Lipinski definition) is 4. The molecule has 1 fully saturated rings. The monoisotopic (exact) mass is 394 g/mol. The average Bonchev–Trinajstić information content (AvgIpc) is 3.10. The summed E-state index contributed by atoms with van der Waals surface area (Å²) in [7, 11) is 1.97. The highest BCUT2D eigenvalue weighted by molar-refractivity contribution is 6.07. The van der Waals surface area contributed by atoms with E-state index in [2.05, 4.69) is 15.1 Å². The number of aromatic nitrogens is 4. The van der Waals surface area contributed by atoms with Gasteiger partial charge in [-0.15, -0.1) is 0 Å². The van der Waals surface area contributed by atoms with E-state index in [-0.39, 0.29) is 5.56 Å². The van der Waals surface area contributed by atoms with Crippen molar-refractivity contribution in [2.45, 2.75) is 25.2 Å². The highest BCUT2D eigenvalue weighted by Gasteiger charge is 2.24. The molecule has 0 radical (unpaired) electrons. The van der Waals surface area contributed by atoms with E-state index < -0.39 is 6.43 Å². The van der Waals surface area contributed by atoms with Crippen LogP contribution in [0.5, 0.6) is 0 Å². The summed E-state index contributed by atoms with van der Waals surface area (Å²) in [5, 5.41) is 6.75. The van der Waals surface area contributed by atoms with Gasteiger partial charge in [-0.25, -0.2) is 8.78 Å². The third-order valence-corrected chi connectivity index (χ3v) is 5.66. The predicted molar refractivity (Wildman–Crippen MR) is 107 cm³/mol. The highest BCUT2D eigenvalue weighted by Crippen LogP contribution is 2.37. The van der Waals surface area contributed by atoms with Crippen LogP contribution in [0.4, 0.5) is 8.78 Å². The number of aryl methyl sites for hydroxylation is 1. The van der Waals surface area contributed by atoms with E-state index in [0.717, 1.165) is 53.4 Å². The van der Waals surface area contributed by atoms with Gasteiger partial charge in [0.05, 0.1) is 11.7 Å². The van der Waals surface area contributed by atoms with E-state index in [1.807, 2.05) is 29.9 Å². The van der Waals surface area contributed by atoms with Crippen molar-refractivity contribution in [3.8, 4) is 11.1 Å². The summed E-state index contributed by atoms with van der Waals surface area (Å²) in [5.74, 6) is 0.372. The maximum Gasteiger partial charge on any atom is 0.265 e. The Bertz CT molecular complexity index is 1200. The Morgan fingerprint density at radius 1 is 1.03 bits per heavy atom. The van der Waals surface area contributed by atoms with E-state index in [1.165, 1.54) is 18.0 Å². The number of benzene rings is 1. The van der Waals surface area contributed by atoms with Crippen molar-refractivity contribution in [1.82, 2.24) is 19.7 Å². The number of halogens is 2. The van der Waals surface area contributed by atoms with Gasteiger partial charge in [-0.05, 0) is 36.6 Å². The molecule has 0 N–H and O–H groups in total. The Balaban J connectivity index is 1.72. The van der Waals surface area contributed by atoms with Crippen molar-refractivity contribution in [2.24, 2.45) is 7.05 Å². The van der Waals surface area contributed by atoms with Crippen molar-refractivity contribution in [2.75, 3.05) is 13.2 Å². The topological polar surface area (TPSA) is 52.8 Å². The van der Waals surface area contributed by atoms with E-state index in [4.69, 9.17) is 4.74 Å². The molecule has 0 aliphatic carbocycles. The van der Waals surface area contributed by atoms with Crippen LogP contribution in [0.2, 0.25) is 0 Å². The van der Waals surface area contributed by atoms with Gasteiger partial charge in [0.1, 0.15) is 5.52 Å². The van der Waals surface area contributed by atoms with Crippen LogP contribution in [0.1, 0.15) is 36.4 Å². The summed E-state index contributed by atoms with van der Waals surface area (Å²) in [6.45, 7) is 1.50. The second-order valence-corrected chi connectivity index (χ2v) is 7.45. The SMILES string of the molecule is Cn1nc2cnc3ccc(-c4cncc(C(F)F)c4)cc3c2c1C1CCOCC1. The quantitative estimate of drug-likeness (QED) is 0.490. The number of hydrogen-bond donors (Lipinski definition) is 0. The smallest absolute Gasteiger partial charge is 0.265 e. The lowest BCUT2D eigenvalue weighted by molar-refractivity contribution is 0.0840. The van der Waals surface area contributed by atoms with Gasteiger partial charge in [0, 0.05) is 66.2 Å². The first-order chi connectivity index (χ1) is 14.1. The molecule has 5 rings (SSSR count). The van der Waals surface area contributed by atoms with Crippen LogP contribution in [-0.2, 0) is 11.8 Å². The van der Waals surface area contributed by atoms with Gasteiger partial charge in [0.15, 0.2) is 0 Å². The Morgan fingerprint density at radius 2 is 1.86 bits per heavy atom. The normalized spacial score (nSPS) is 15.6. The molecule has 1 aliphatic heterocycles. The molecule has 0 saturated carbocycles. The Kier molecular flexibility index (Phi) is 4.47. The lowest BCUT2D eigenvalue weighted by Crippen LogP contribution is -2.16. The number of ether oxygens (including phenoxy) is 1. The fraction of sp³-hybridized carbons (Fsp3) is 0.318. The number of fused-ring (bicyclic) bond motifs is 3. The largest absolute Gasteiger partial charge is 0.381 e. The van der Waals surface area contributed by atoms with Crippen LogP contribution in [0.15, 0.2) is 42.9 Å². The van der Waals surface area contributed by atoms with Gasteiger partial charge in [-0.3, -0.25) is 14.6 Å². The first kappa shape index (κ1) is 18.1. The zero-order valence-corrected chi connectivity index (χ0v) is 16.0. The van der Waals surface area contributed by atoms with Crippen LogP contribution < -0.4 is 0 Å². The molecule has 148 valence electrons. The van der Waals surface area contributed by atoms with Gasteiger partial charge in [0.25, 0.3) is 6.43 Å². The first-order valence-electron chi connectivity index (χ1n) is 9.68. The van der Waals surface area contributed by atoms with Crippen LogP contribution in [0.25, 0.3) is 32.9 Å². The van der Waals surface area contributed by atoms with Gasteiger partial charge in [-0.2, -0.15) is 5.10 Å². The molecule has 0 spiro atoms. The number of alkyl halides is 2. The molecular formula is C22H20F2N4O. The molecule has 29 heavy (non-hydrogen) atoms.